The van der Waals surface area contributed by atoms with Crippen LogP contribution in [-0.2, 0) is 6.18 Å². The normalized spacial score (nSPS) is 11.1. The van der Waals surface area contributed by atoms with E-state index in [0.29, 0.717) is 23.3 Å². The Kier molecular flexibility index (Phi) is 4.92. The maximum absolute atomic E-state index is 12.7. The molecule has 0 N–H and O–H groups in total. The monoisotopic (exact) mass is 362 g/mol. The topological polar surface area (TPSA) is 53.5 Å². The summed E-state index contributed by atoms with van der Waals surface area (Å²) in [5.74, 6) is 1.59. The van der Waals surface area contributed by atoms with Crippen LogP contribution in [0.25, 0.3) is 0 Å². The molecule has 0 radical (unpaired) electrons. The Morgan fingerprint density at radius 3 is 2.08 bits per heavy atom. The van der Waals surface area contributed by atoms with Gasteiger partial charge in [0.2, 0.25) is 11.8 Å². The maximum atomic E-state index is 12.7. The van der Waals surface area contributed by atoms with Crippen molar-refractivity contribution in [2.75, 3.05) is 7.11 Å². The first-order chi connectivity index (χ1) is 12.4. The van der Waals surface area contributed by atoms with Gasteiger partial charge in [-0.15, -0.1) is 0 Å². The number of nitrogens with zero attached hydrogens (tertiary/aromatic N) is 2. The van der Waals surface area contributed by atoms with Gasteiger partial charge in [0.25, 0.3) is 0 Å². The minimum atomic E-state index is -4.42. The van der Waals surface area contributed by atoms with Gasteiger partial charge in [0.15, 0.2) is 0 Å². The highest BCUT2D eigenvalue weighted by Crippen LogP contribution is 2.33. The summed E-state index contributed by atoms with van der Waals surface area (Å²) in [5.41, 5.74) is -0.771. The minimum Gasteiger partial charge on any atom is -0.481 e. The molecular formula is C18H13F3N2O3. The summed E-state index contributed by atoms with van der Waals surface area (Å²) in [4.78, 5) is 7.83. The van der Waals surface area contributed by atoms with Gasteiger partial charge < -0.3 is 14.2 Å². The predicted molar refractivity (Wildman–Crippen MR) is 86.6 cm³/mol. The second kappa shape index (κ2) is 7.30. The van der Waals surface area contributed by atoms with Crippen LogP contribution < -0.4 is 14.2 Å². The number of methoxy groups -OCH3 is 1. The summed E-state index contributed by atoms with van der Waals surface area (Å²) < 4.78 is 54.2. The Bertz CT molecular complexity index is 883. The highest BCUT2D eigenvalue weighted by Gasteiger charge is 2.30. The third-order valence-electron chi connectivity index (χ3n) is 3.27. The Morgan fingerprint density at radius 1 is 0.769 bits per heavy atom. The first kappa shape index (κ1) is 17.5. The van der Waals surface area contributed by atoms with Crippen LogP contribution in [0.15, 0.2) is 60.9 Å². The fraction of sp³-hybridized carbons (Fsp3) is 0.111. The lowest BCUT2D eigenvalue weighted by Gasteiger charge is -2.10. The largest absolute Gasteiger partial charge is 0.481 e. The molecule has 3 rings (SSSR count). The van der Waals surface area contributed by atoms with Crippen LogP contribution in [0.3, 0.4) is 0 Å². The number of aromatic nitrogens is 2. The van der Waals surface area contributed by atoms with E-state index in [0.717, 1.165) is 12.1 Å². The molecule has 26 heavy (non-hydrogen) atoms. The van der Waals surface area contributed by atoms with Gasteiger partial charge in [0.1, 0.15) is 23.6 Å². The van der Waals surface area contributed by atoms with Gasteiger partial charge in [-0.05, 0) is 42.5 Å². The van der Waals surface area contributed by atoms with E-state index in [1.807, 2.05) is 0 Å². The third-order valence-corrected chi connectivity index (χ3v) is 3.27. The van der Waals surface area contributed by atoms with Crippen molar-refractivity contribution in [3.8, 4) is 29.0 Å². The van der Waals surface area contributed by atoms with Crippen LogP contribution in [0.2, 0.25) is 0 Å². The van der Waals surface area contributed by atoms with E-state index in [-0.39, 0.29) is 5.75 Å². The summed E-state index contributed by atoms with van der Waals surface area (Å²) in [6.45, 7) is 0. The molecule has 0 saturated carbocycles. The standard InChI is InChI=1S/C18H13F3N2O3/c1-24-16-10-17(23-11-22-16)26-14-7-5-13(6-8-14)25-15-4-2-3-12(9-15)18(19,20)21/h2-11H,1H3. The van der Waals surface area contributed by atoms with E-state index in [1.54, 1.807) is 24.3 Å². The zero-order valence-electron chi connectivity index (χ0n) is 13.5. The van der Waals surface area contributed by atoms with E-state index in [4.69, 9.17) is 14.2 Å². The molecule has 0 unspecified atom stereocenters. The van der Waals surface area contributed by atoms with Crippen molar-refractivity contribution in [3.63, 3.8) is 0 Å². The second-order valence-electron chi connectivity index (χ2n) is 5.10. The Labute approximate surface area is 147 Å². The molecule has 0 amide bonds. The van der Waals surface area contributed by atoms with E-state index in [9.17, 15) is 13.2 Å². The van der Waals surface area contributed by atoms with E-state index in [1.165, 1.54) is 31.6 Å². The van der Waals surface area contributed by atoms with Crippen molar-refractivity contribution >= 4 is 0 Å². The summed E-state index contributed by atoms with van der Waals surface area (Å²) in [7, 11) is 1.48. The van der Waals surface area contributed by atoms with Gasteiger partial charge in [0.05, 0.1) is 18.7 Å². The van der Waals surface area contributed by atoms with Gasteiger partial charge in [-0.1, -0.05) is 6.07 Å². The molecule has 3 aromatic rings. The number of alkyl halides is 3. The van der Waals surface area contributed by atoms with Crippen molar-refractivity contribution in [1.29, 1.82) is 0 Å². The summed E-state index contributed by atoms with van der Waals surface area (Å²) in [5, 5.41) is 0. The lowest BCUT2D eigenvalue weighted by Crippen LogP contribution is -2.04. The first-order valence-corrected chi connectivity index (χ1v) is 7.43. The molecule has 5 nitrogen and oxygen atoms in total. The molecule has 0 bridgehead atoms. The Balaban J connectivity index is 1.70. The molecule has 0 spiro atoms. The van der Waals surface area contributed by atoms with Gasteiger partial charge in [-0.3, -0.25) is 0 Å². The number of hydrogen-bond acceptors (Lipinski definition) is 5. The smallest absolute Gasteiger partial charge is 0.416 e. The van der Waals surface area contributed by atoms with Crippen molar-refractivity contribution in [2.24, 2.45) is 0 Å². The second-order valence-corrected chi connectivity index (χ2v) is 5.10. The summed E-state index contributed by atoms with van der Waals surface area (Å²) in [6, 6.07) is 12.6. The Hall–Kier alpha value is -3.29. The van der Waals surface area contributed by atoms with Crippen LogP contribution in [0.5, 0.6) is 29.0 Å². The van der Waals surface area contributed by atoms with Crippen LogP contribution >= 0.6 is 0 Å². The van der Waals surface area contributed by atoms with E-state index in [2.05, 4.69) is 9.97 Å². The van der Waals surface area contributed by atoms with Crippen molar-refractivity contribution in [3.05, 3.63) is 66.5 Å². The van der Waals surface area contributed by atoms with Gasteiger partial charge in [-0.2, -0.15) is 13.2 Å². The zero-order valence-corrected chi connectivity index (χ0v) is 13.5. The molecule has 0 atom stereocenters. The van der Waals surface area contributed by atoms with Gasteiger partial charge >= 0.3 is 6.18 Å². The number of halogens is 3. The highest BCUT2D eigenvalue weighted by atomic mass is 19.4. The van der Waals surface area contributed by atoms with E-state index < -0.39 is 11.7 Å². The average Bonchev–Trinajstić information content (AvgIpc) is 2.63. The lowest BCUT2D eigenvalue weighted by atomic mass is 10.2. The SMILES string of the molecule is COc1cc(Oc2ccc(Oc3cccc(C(F)(F)F)c3)cc2)ncn1. The molecule has 8 heteroatoms. The number of rotatable bonds is 5. The summed E-state index contributed by atoms with van der Waals surface area (Å²) >= 11 is 0. The fourth-order valence-electron chi connectivity index (χ4n) is 2.06. The van der Waals surface area contributed by atoms with Gasteiger partial charge in [-0.25, -0.2) is 9.97 Å². The molecule has 134 valence electrons. The maximum Gasteiger partial charge on any atom is 0.416 e. The molecule has 0 aliphatic heterocycles. The fourth-order valence-corrected chi connectivity index (χ4v) is 2.06. The molecule has 0 aliphatic carbocycles. The predicted octanol–water partition coefficient (Wildman–Crippen LogP) is 5.09. The molecule has 1 heterocycles. The lowest BCUT2D eigenvalue weighted by molar-refractivity contribution is -0.137. The van der Waals surface area contributed by atoms with Crippen molar-refractivity contribution < 1.29 is 27.4 Å². The van der Waals surface area contributed by atoms with Crippen LogP contribution in [0, 0.1) is 0 Å². The number of hydrogen-bond donors (Lipinski definition) is 0. The summed E-state index contributed by atoms with van der Waals surface area (Å²) in [6.07, 6.45) is -3.12. The van der Waals surface area contributed by atoms with Gasteiger partial charge in [0, 0.05) is 0 Å². The zero-order chi connectivity index (χ0) is 18.6. The highest BCUT2D eigenvalue weighted by molar-refractivity contribution is 5.38. The molecule has 0 saturated heterocycles. The minimum absolute atomic E-state index is 0.0917. The van der Waals surface area contributed by atoms with Crippen molar-refractivity contribution in [1.82, 2.24) is 9.97 Å². The molecule has 0 aliphatic rings. The number of benzene rings is 2. The molecule has 0 fully saturated rings. The van der Waals surface area contributed by atoms with Crippen LogP contribution in [-0.4, -0.2) is 17.1 Å². The average molecular weight is 362 g/mol. The Morgan fingerprint density at radius 2 is 1.42 bits per heavy atom. The number of ether oxygens (including phenoxy) is 3. The quantitative estimate of drug-likeness (QED) is 0.633. The first-order valence-electron chi connectivity index (χ1n) is 7.43. The van der Waals surface area contributed by atoms with Crippen molar-refractivity contribution in [2.45, 2.75) is 6.18 Å². The third kappa shape index (κ3) is 4.41. The van der Waals surface area contributed by atoms with E-state index >= 15 is 0 Å². The molecule has 2 aromatic carbocycles. The molecular weight excluding hydrogens is 349 g/mol. The van der Waals surface area contributed by atoms with Crippen LogP contribution in [0.1, 0.15) is 5.56 Å². The molecule has 1 aromatic heterocycles. The van der Waals surface area contributed by atoms with Crippen LogP contribution in [0.4, 0.5) is 13.2 Å².